The van der Waals surface area contributed by atoms with E-state index in [1.807, 2.05) is 0 Å². The van der Waals surface area contributed by atoms with Crippen molar-refractivity contribution in [3.05, 3.63) is 80.4 Å². The van der Waals surface area contributed by atoms with Crippen LogP contribution in [0, 0.1) is 3.57 Å². The first-order valence-electron chi connectivity index (χ1n) is 7.87. The quantitative estimate of drug-likeness (QED) is 0.501. The van der Waals surface area contributed by atoms with Crippen molar-refractivity contribution >= 4 is 33.7 Å². The van der Waals surface area contributed by atoms with Crippen molar-refractivity contribution in [3.63, 3.8) is 0 Å². The molecule has 0 radical (unpaired) electrons. The summed E-state index contributed by atoms with van der Waals surface area (Å²) in [6, 6.07) is 17.8. The minimum Gasteiger partial charge on any atom is -0.0622 e. The average Bonchev–Trinajstić information content (AvgIpc) is 2.76. The van der Waals surface area contributed by atoms with Crippen LogP contribution in [0.25, 0.3) is 11.1 Å². The molecule has 0 heterocycles. The Bertz CT molecular complexity index is 807. The van der Waals surface area contributed by atoms with Crippen LogP contribution in [-0.4, -0.2) is 0 Å². The molecule has 0 aliphatic heterocycles. The fourth-order valence-corrected chi connectivity index (χ4v) is 4.38. The zero-order valence-electron chi connectivity index (χ0n) is 13.0. The van der Waals surface area contributed by atoms with E-state index in [4.69, 9.17) is 0 Å². The van der Waals surface area contributed by atoms with Gasteiger partial charge in [-0.25, -0.2) is 0 Å². The molecule has 2 aromatic carbocycles. The Labute approximate surface area is 146 Å². The van der Waals surface area contributed by atoms with Crippen molar-refractivity contribution in [1.82, 2.24) is 0 Å². The number of halogens is 1. The van der Waals surface area contributed by atoms with Gasteiger partial charge in [0, 0.05) is 8.99 Å². The SMILES string of the molecule is CC1(C)C2=C(CCC(c3ccccc3)=C2)c2ccc(I)cc21. The second kappa shape index (κ2) is 5.09. The molecule has 4 rings (SSSR count). The van der Waals surface area contributed by atoms with E-state index in [-0.39, 0.29) is 5.41 Å². The molecule has 0 amide bonds. The van der Waals surface area contributed by atoms with Crippen LogP contribution in [0.2, 0.25) is 0 Å². The highest BCUT2D eigenvalue weighted by atomic mass is 127. The van der Waals surface area contributed by atoms with Crippen molar-refractivity contribution in [2.24, 2.45) is 0 Å². The Balaban J connectivity index is 1.86. The van der Waals surface area contributed by atoms with Crippen LogP contribution in [0.3, 0.4) is 0 Å². The maximum atomic E-state index is 2.46. The Morgan fingerprint density at radius 3 is 2.50 bits per heavy atom. The Morgan fingerprint density at radius 1 is 0.955 bits per heavy atom. The lowest BCUT2D eigenvalue weighted by Gasteiger charge is -2.26. The summed E-state index contributed by atoms with van der Waals surface area (Å²) in [5.74, 6) is 0. The van der Waals surface area contributed by atoms with Crippen molar-refractivity contribution in [2.45, 2.75) is 32.1 Å². The smallest absolute Gasteiger partial charge is 0.0156 e. The van der Waals surface area contributed by atoms with Gasteiger partial charge in [0.2, 0.25) is 0 Å². The Hall–Kier alpha value is -1.35. The summed E-state index contributed by atoms with van der Waals surface area (Å²) in [6.07, 6.45) is 4.76. The molecule has 0 atom stereocenters. The highest BCUT2D eigenvalue weighted by Gasteiger charge is 2.38. The molecule has 0 bridgehead atoms. The van der Waals surface area contributed by atoms with Crippen LogP contribution in [-0.2, 0) is 5.41 Å². The zero-order chi connectivity index (χ0) is 15.3. The third-order valence-corrected chi connectivity index (χ3v) is 5.76. The summed E-state index contributed by atoms with van der Waals surface area (Å²) in [4.78, 5) is 0. The second-order valence-corrected chi connectivity index (χ2v) is 7.99. The fraction of sp³-hybridized carbons (Fsp3) is 0.238. The Kier molecular flexibility index (Phi) is 3.30. The van der Waals surface area contributed by atoms with Gasteiger partial charge >= 0.3 is 0 Å². The van der Waals surface area contributed by atoms with E-state index in [0.29, 0.717) is 0 Å². The van der Waals surface area contributed by atoms with Gasteiger partial charge in [0.15, 0.2) is 0 Å². The number of allylic oxidation sites excluding steroid dienone is 4. The minimum absolute atomic E-state index is 0.117. The molecule has 0 spiro atoms. The highest BCUT2D eigenvalue weighted by molar-refractivity contribution is 14.1. The van der Waals surface area contributed by atoms with Gasteiger partial charge in [-0.15, -0.1) is 0 Å². The Morgan fingerprint density at radius 2 is 1.73 bits per heavy atom. The average molecular weight is 398 g/mol. The topological polar surface area (TPSA) is 0 Å². The molecule has 0 saturated carbocycles. The van der Waals surface area contributed by atoms with Crippen molar-refractivity contribution in [1.29, 1.82) is 0 Å². The van der Waals surface area contributed by atoms with Gasteiger partial charge in [-0.05, 0) is 81.0 Å². The highest BCUT2D eigenvalue weighted by Crippen LogP contribution is 2.52. The van der Waals surface area contributed by atoms with Crippen LogP contribution >= 0.6 is 22.6 Å². The van der Waals surface area contributed by atoms with Gasteiger partial charge in [0.1, 0.15) is 0 Å². The van der Waals surface area contributed by atoms with E-state index >= 15 is 0 Å². The lowest BCUT2D eigenvalue weighted by molar-refractivity contribution is 0.651. The number of rotatable bonds is 1. The van der Waals surface area contributed by atoms with Crippen LogP contribution in [0.15, 0.2) is 60.2 Å². The molecule has 0 fully saturated rings. The lowest BCUT2D eigenvalue weighted by atomic mass is 9.78. The predicted octanol–water partition coefficient (Wildman–Crippen LogP) is 6.21. The third kappa shape index (κ3) is 2.10. The molecular weight excluding hydrogens is 379 g/mol. The van der Waals surface area contributed by atoms with Crippen molar-refractivity contribution in [3.8, 4) is 0 Å². The summed E-state index contributed by atoms with van der Waals surface area (Å²) in [5, 5.41) is 0. The van der Waals surface area contributed by atoms with Gasteiger partial charge in [-0.1, -0.05) is 56.3 Å². The van der Waals surface area contributed by atoms with Crippen LogP contribution in [0.1, 0.15) is 43.4 Å². The monoisotopic (exact) mass is 398 g/mol. The van der Waals surface area contributed by atoms with Gasteiger partial charge in [-0.3, -0.25) is 0 Å². The normalized spacial score (nSPS) is 18.8. The van der Waals surface area contributed by atoms with Gasteiger partial charge in [-0.2, -0.15) is 0 Å². The summed E-state index contributed by atoms with van der Waals surface area (Å²) in [5.41, 5.74) is 9.03. The standard InChI is InChI=1S/C21H19I/c1-21(2)19-12-15(14-6-4-3-5-7-14)8-10-17(19)18-11-9-16(22)13-20(18)21/h3-7,9,11-13H,8,10H2,1-2H3. The second-order valence-electron chi connectivity index (χ2n) is 6.74. The van der Waals surface area contributed by atoms with Crippen LogP contribution < -0.4 is 0 Å². The molecule has 2 aliphatic rings. The van der Waals surface area contributed by atoms with Crippen molar-refractivity contribution < 1.29 is 0 Å². The maximum absolute atomic E-state index is 2.46. The first-order valence-corrected chi connectivity index (χ1v) is 8.95. The molecule has 0 N–H and O–H groups in total. The number of fused-ring (bicyclic) bond motifs is 2. The molecule has 2 aliphatic carbocycles. The summed E-state index contributed by atoms with van der Waals surface area (Å²) >= 11 is 2.42. The predicted molar refractivity (Wildman–Crippen MR) is 103 cm³/mol. The van der Waals surface area contributed by atoms with Gasteiger partial charge in [0.25, 0.3) is 0 Å². The molecule has 110 valence electrons. The van der Waals surface area contributed by atoms with Crippen LogP contribution in [0.5, 0.6) is 0 Å². The van der Waals surface area contributed by atoms with Gasteiger partial charge < -0.3 is 0 Å². The molecule has 22 heavy (non-hydrogen) atoms. The molecule has 0 aromatic heterocycles. The summed E-state index contributed by atoms with van der Waals surface area (Å²) in [7, 11) is 0. The molecule has 1 heteroatoms. The molecule has 0 unspecified atom stereocenters. The first kappa shape index (κ1) is 14.3. The largest absolute Gasteiger partial charge is 0.0622 e. The van der Waals surface area contributed by atoms with E-state index in [0.717, 1.165) is 12.8 Å². The van der Waals surface area contributed by atoms with E-state index in [2.05, 4.69) is 91.0 Å². The third-order valence-electron chi connectivity index (χ3n) is 5.09. The molecular formula is C21H19I. The zero-order valence-corrected chi connectivity index (χ0v) is 15.1. The first-order chi connectivity index (χ1) is 10.6. The number of benzene rings is 2. The summed E-state index contributed by atoms with van der Waals surface area (Å²) in [6.45, 7) is 4.74. The number of hydrogen-bond donors (Lipinski definition) is 0. The van der Waals surface area contributed by atoms with Gasteiger partial charge in [0.05, 0.1) is 0 Å². The molecule has 0 saturated heterocycles. The summed E-state index contributed by atoms with van der Waals surface area (Å²) < 4.78 is 1.33. The van der Waals surface area contributed by atoms with E-state index in [1.54, 1.807) is 5.57 Å². The molecule has 2 aromatic rings. The van der Waals surface area contributed by atoms with Crippen LogP contribution in [0.4, 0.5) is 0 Å². The maximum Gasteiger partial charge on any atom is 0.0156 e. The minimum atomic E-state index is 0.117. The number of hydrogen-bond acceptors (Lipinski definition) is 0. The van der Waals surface area contributed by atoms with E-state index in [1.165, 1.54) is 31.4 Å². The van der Waals surface area contributed by atoms with Crippen molar-refractivity contribution in [2.75, 3.05) is 0 Å². The van der Waals surface area contributed by atoms with E-state index in [9.17, 15) is 0 Å². The lowest BCUT2D eigenvalue weighted by Crippen LogP contribution is -2.17. The van der Waals surface area contributed by atoms with E-state index < -0.39 is 0 Å². The molecule has 0 nitrogen and oxygen atoms in total. The fourth-order valence-electron chi connectivity index (χ4n) is 3.89.